The van der Waals surface area contributed by atoms with E-state index < -0.39 is 9.84 Å². The third-order valence-corrected chi connectivity index (χ3v) is 5.62. The number of hydrogen-bond acceptors (Lipinski definition) is 6. The van der Waals surface area contributed by atoms with Crippen LogP contribution in [0.25, 0.3) is 11.2 Å². The topological polar surface area (TPSA) is 86.1 Å². The van der Waals surface area contributed by atoms with E-state index in [1.807, 2.05) is 24.3 Å². The molecule has 0 amide bonds. The van der Waals surface area contributed by atoms with Crippen LogP contribution in [-0.4, -0.2) is 42.4 Å². The lowest BCUT2D eigenvalue weighted by Crippen LogP contribution is -2.32. The summed E-state index contributed by atoms with van der Waals surface area (Å²) in [6.45, 7) is 2.47. The summed E-state index contributed by atoms with van der Waals surface area (Å²) < 4.78 is 30.9. The van der Waals surface area contributed by atoms with Gasteiger partial charge in [0.25, 0.3) is 0 Å². The molecule has 3 aromatic rings. The van der Waals surface area contributed by atoms with Crippen molar-refractivity contribution < 1.29 is 13.2 Å². The Bertz CT molecular complexity index is 1030. The first kappa shape index (κ1) is 17.1. The Morgan fingerprint density at radius 3 is 2.85 bits per heavy atom. The fraction of sp³-hybridized carbons (Fsp3) is 0.333. The molecule has 0 radical (unpaired) electrons. The van der Waals surface area contributed by atoms with Crippen LogP contribution in [0.5, 0.6) is 0 Å². The van der Waals surface area contributed by atoms with E-state index in [0.29, 0.717) is 31.2 Å². The van der Waals surface area contributed by atoms with E-state index in [2.05, 4.69) is 19.9 Å². The van der Waals surface area contributed by atoms with E-state index in [4.69, 9.17) is 4.74 Å². The van der Waals surface area contributed by atoms with Crippen molar-refractivity contribution in [3.63, 3.8) is 0 Å². The number of hydrogen-bond donors (Lipinski definition) is 1. The Balaban J connectivity index is 1.45. The molecule has 2 aromatic heterocycles. The van der Waals surface area contributed by atoms with Crippen LogP contribution in [0.2, 0.25) is 0 Å². The van der Waals surface area contributed by atoms with Crippen LogP contribution in [0.4, 0.5) is 0 Å². The molecule has 3 heterocycles. The standard InChI is InChI=1S/C18H20N4O3S/c1-26(23,24)15-6-4-13(5-7-15)9-19-10-14-11-25-12-17-21-16-3-2-8-20-18(16)22(14)17/h2-8,14,19H,9-12H2,1H3/t14-/m0/s1. The van der Waals surface area contributed by atoms with Crippen LogP contribution >= 0.6 is 0 Å². The zero-order chi connectivity index (χ0) is 18.1. The van der Waals surface area contributed by atoms with Gasteiger partial charge in [0.2, 0.25) is 0 Å². The molecule has 1 aliphatic rings. The number of pyridine rings is 1. The van der Waals surface area contributed by atoms with Crippen molar-refractivity contribution in [1.29, 1.82) is 0 Å². The van der Waals surface area contributed by atoms with Gasteiger partial charge in [0.1, 0.15) is 17.9 Å². The van der Waals surface area contributed by atoms with Crippen molar-refractivity contribution in [2.45, 2.75) is 24.1 Å². The van der Waals surface area contributed by atoms with Crippen molar-refractivity contribution >= 4 is 21.0 Å². The Labute approximate surface area is 152 Å². The third-order valence-electron chi connectivity index (χ3n) is 4.49. The van der Waals surface area contributed by atoms with Gasteiger partial charge in [0.05, 0.1) is 17.5 Å². The smallest absolute Gasteiger partial charge is 0.175 e. The molecular formula is C18H20N4O3S. The van der Waals surface area contributed by atoms with E-state index in [1.165, 1.54) is 6.26 Å². The first-order valence-electron chi connectivity index (χ1n) is 8.41. The second-order valence-electron chi connectivity index (χ2n) is 6.46. The van der Waals surface area contributed by atoms with Crippen molar-refractivity contribution in [2.75, 3.05) is 19.4 Å². The van der Waals surface area contributed by atoms with Crippen LogP contribution in [0, 0.1) is 0 Å². The molecule has 1 atom stereocenters. The summed E-state index contributed by atoms with van der Waals surface area (Å²) >= 11 is 0. The van der Waals surface area contributed by atoms with Crippen LogP contribution in [0.1, 0.15) is 17.4 Å². The first-order chi connectivity index (χ1) is 12.5. The minimum Gasteiger partial charge on any atom is -0.371 e. The van der Waals surface area contributed by atoms with E-state index in [1.54, 1.807) is 18.3 Å². The molecule has 0 unspecified atom stereocenters. The summed E-state index contributed by atoms with van der Waals surface area (Å²) in [5.41, 5.74) is 2.80. The van der Waals surface area contributed by atoms with Gasteiger partial charge in [-0.2, -0.15) is 0 Å². The molecule has 0 spiro atoms. The highest BCUT2D eigenvalue weighted by molar-refractivity contribution is 7.90. The molecule has 8 heteroatoms. The fourth-order valence-electron chi connectivity index (χ4n) is 3.21. The maximum Gasteiger partial charge on any atom is 0.175 e. The molecule has 26 heavy (non-hydrogen) atoms. The third kappa shape index (κ3) is 3.35. The molecule has 0 bridgehead atoms. The predicted octanol–water partition coefficient (Wildman–Crippen LogP) is 1.70. The molecule has 1 aliphatic heterocycles. The van der Waals surface area contributed by atoms with Gasteiger partial charge in [-0.15, -0.1) is 0 Å². The molecule has 136 valence electrons. The molecule has 1 N–H and O–H groups in total. The summed E-state index contributed by atoms with van der Waals surface area (Å²) in [4.78, 5) is 9.39. The van der Waals surface area contributed by atoms with Crippen molar-refractivity contribution in [3.05, 3.63) is 54.0 Å². The molecule has 0 saturated heterocycles. The van der Waals surface area contributed by atoms with Gasteiger partial charge < -0.3 is 14.6 Å². The summed E-state index contributed by atoms with van der Waals surface area (Å²) in [6, 6.07) is 10.9. The number of sulfone groups is 1. The maximum absolute atomic E-state index is 11.5. The van der Waals surface area contributed by atoms with E-state index >= 15 is 0 Å². The quantitative estimate of drug-likeness (QED) is 0.734. The van der Waals surface area contributed by atoms with Gasteiger partial charge in [-0.25, -0.2) is 18.4 Å². The molecule has 0 aliphatic carbocycles. The highest BCUT2D eigenvalue weighted by Gasteiger charge is 2.24. The molecule has 7 nitrogen and oxygen atoms in total. The lowest BCUT2D eigenvalue weighted by Gasteiger charge is -2.26. The minimum atomic E-state index is -3.16. The molecule has 1 aromatic carbocycles. The first-order valence-corrected chi connectivity index (χ1v) is 10.3. The highest BCUT2D eigenvalue weighted by atomic mass is 32.2. The summed E-state index contributed by atoms with van der Waals surface area (Å²) in [7, 11) is -3.16. The number of imidazole rings is 1. The van der Waals surface area contributed by atoms with Crippen LogP contribution in [0.3, 0.4) is 0 Å². The van der Waals surface area contributed by atoms with Gasteiger partial charge in [0, 0.05) is 25.5 Å². The zero-order valence-corrected chi connectivity index (χ0v) is 15.2. The largest absolute Gasteiger partial charge is 0.371 e. The van der Waals surface area contributed by atoms with Crippen LogP contribution < -0.4 is 5.32 Å². The number of benzene rings is 1. The minimum absolute atomic E-state index is 0.119. The normalized spacial score (nSPS) is 17.3. The van der Waals surface area contributed by atoms with Gasteiger partial charge >= 0.3 is 0 Å². The summed E-state index contributed by atoms with van der Waals surface area (Å²) in [5, 5.41) is 3.42. The Hall–Kier alpha value is -2.29. The average molecular weight is 372 g/mol. The molecule has 0 fully saturated rings. The van der Waals surface area contributed by atoms with E-state index in [9.17, 15) is 8.42 Å². The van der Waals surface area contributed by atoms with E-state index in [0.717, 1.165) is 22.6 Å². The molecule has 0 saturated carbocycles. The number of fused-ring (bicyclic) bond motifs is 3. The second kappa shape index (κ2) is 6.79. The Morgan fingerprint density at radius 1 is 1.27 bits per heavy atom. The number of rotatable bonds is 5. The molecule has 4 rings (SSSR count). The Morgan fingerprint density at radius 2 is 2.08 bits per heavy atom. The lowest BCUT2D eigenvalue weighted by molar-refractivity contribution is 0.0561. The van der Waals surface area contributed by atoms with Crippen LogP contribution in [0.15, 0.2) is 47.5 Å². The summed E-state index contributed by atoms with van der Waals surface area (Å²) in [5.74, 6) is 0.897. The number of ether oxygens (including phenoxy) is 1. The van der Waals surface area contributed by atoms with Crippen molar-refractivity contribution in [3.8, 4) is 0 Å². The van der Waals surface area contributed by atoms with Crippen LogP contribution in [-0.2, 0) is 27.7 Å². The van der Waals surface area contributed by atoms with Gasteiger partial charge in [-0.1, -0.05) is 12.1 Å². The van der Waals surface area contributed by atoms with Gasteiger partial charge in [0.15, 0.2) is 15.5 Å². The summed E-state index contributed by atoms with van der Waals surface area (Å²) in [6.07, 6.45) is 2.99. The second-order valence-corrected chi connectivity index (χ2v) is 8.48. The predicted molar refractivity (Wildman–Crippen MR) is 97.5 cm³/mol. The van der Waals surface area contributed by atoms with Crippen molar-refractivity contribution in [2.24, 2.45) is 0 Å². The maximum atomic E-state index is 11.5. The number of nitrogens with zero attached hydrogens (tertiary/aromatic N) is 3. The highest BCUT2D eigenvalue weighted by Crippen LogP contribution is 2.24. The number of aromatic nitrogens is 3. The SMILES string of the molecule is CS(=O)(=O)c1ccc(CNC[C@H]2COCc3nc4cccnc4n32)cc1. The fourth-order valence-corrected chi connectivity index (χ4v) is 3.84. The zero-order valence-electron chi connectivity index (χ0n) is 14.4. The van der Waals surface area contributed by atoms with Crippen molar-refractivity contribution in [1.82, 2.24) is 19.9 Å². The number of nitrogens with one attached hydrogen (secondary N) is 1. The molecular weight excluding hydrogens is 352 g/mol. The van der Waals surface area contributed by atoms with E-state index in [-0.39, 0.29) is 6.04 Å². The monoisotopic (exact) mass is 372 g/mol. The van der Waals surface area contributed by atoms with Gasteiger partial charge in [-0.05, 0) is 29.8 Å². The average Bonchev–Trinajstić information content (AvgIpc) is 3.01. The van der Waals surface area contributed by atoms with Gasteiger partial charge in [-0.3, -0.25) is 0 Å². The lowest BCUT2D eigenvalue weighted by atomic mass is 10.2. The Kier molecular flexibility index (Phi) is 4.47.